The summed E-state index contributed by atoms with van der Waals surface area (Å²) in [4.78, 5) is 11.9. The molecule has 0 unspecified atom stereocenters. The summed E-state index contributed by atoms with van der Waals surface area (Å²) in [5, 5.41) is 11.1. The van der Waals surface area contributed by atoms with Gasteiger partial charge in [0.2, 0.25) is 5.91 Å². The number of ether oxygens (including phenoxy) is 1. The van der Waals surface area contributed by atoms with Crippen LogP contribution >= 0.6 is 11.3 Å². The number of nitrogens with zero attached hydrogens (tertiary/aromatic N) is 2. The van der Waals surface area contributed by atoms with Crippen molar-refractivity contribution in [3.8, 4) is 0 Å². The number of carbonyl (C=O) groups excluding carboxylic acids is 1. The summed E-state index contributed by atoms with van der Waals surface area (Å²) < 4.78 is 7.54. The Morgan fingerprint density at radius 3 is 3.24 bits per heavy atom. The number of hydrogen-bond acceptors (Lipinski definition) is 4. The van der Waals surface area contributed by atoms with Gasteiger partial charge in [-0.15, -0.1) is 0 Å². The van der Waals surface area contributed by atoms with Gasteiger partial charge in [0.05, 0.1) is 31.0 Å². The number of amides is 1. The van der Waals surface area contributed by atoms with Crippen LogP contribution in [-0.4, -0.2) is 28.4 Å². The summed E-state index contributed by atoms with van der Waals surface area (Å²) >= 11 is 1.60. The van der Waals surface area contributed by atoms with Gasteiger partial charge in [-0.1, -0.05) is 0 Å². The van der Waals surface area contributed by atoms with E-state index in [0.717, 1.165) is 37.2 Å². The number of aromatic nitrogens is 2. The molecule has 2 aromatic rings. The minimum absolute atomic E-state index is 0.0122. The highest BCUT2D eigenvalue weighted by Gasteiger charge is 2.15. The van der Waals surface area contributed by atoms with Crippen LogP contribution in [0.25, 0.3) is 0 Å². The average molecular weight is 305 g/mol. The molecule has 3 rings (SSSR count). The van der Waals surface area contributed by atoms with Gasteiger partial charge in [0.1, 0.15) is 0 Å². The Balaban J connectivity index is 1.51. The lowest BCUT2D eigenvalue weighted by molar-refractivity contribution is -0.115. The highest BCUT2D eigenvalue weighted by molar-refractivity contribution is 7.08. The van der Waals surface area contributed by atoms with E-state index in [1.54, 1.807) is 17.5 Å². The summed E-state index contributed by atoms with van der Waals surface area (Å²) in [7, 11) is 0. The van der Waals surface area contributed by atoms with Crippen molar-refractivity contribution in [2.45, 2.75) is 38.3 Å². The number of anilines is 1. The molecule has 2 aromatic heterocycles. The van der Waals surface area contributed by atoms with Crippen molar-refractivity contribution < 1.29 is 9.53 Å². The Morgan fingerprint density at radius 2 is 2.48 bits per heavy atom. The largest absolute Gasteiger partial charge is 0.376 e. The van der Waals surface area contributed by atoms with E-state index in [1.807, 2.05) is 27.7 Å². The summed E-state index contributed by atoms with van der Waals surface area (Å²) in [6.45, 7) is 1.59. The Bertz CT molecular complexity index is 574. The van der Waals surface area contributed by atoms with Crippen LogP contribution in [0.2, 0.25) is 0 Å². The molecule has 1 saturated heterocycles. The van der Waals surface area contributed by atoms with Gasteiger partial charge in [-0.05, 0) is 41.7 Å². The highest BCUT2D eigenvalue weighted by Crippen LogP contribution is 2.15. The smallest absolute Gasteiger partial charge is 0.228 e. The van der Waals surface area contributed by atoms with Gasteiger partial charge in [-0.25, -0.2) is 0 Å². The zero-order valence-electron chi connectivity index (χ0n) is 11.8. The van der Waals surface area contributed by atoms with E-state index in [1.165, 1.54) is 6.42 Å². The molecule has 1 amide bonds. The molecule has 0 saturated carbocycles. The van der Waals surface area contributed by atoms with Gasteiger partial charge in [-0.3, -0.25) is 9.48 Å². The van der Waals surface area contributed by atoms with E-state index >= 15 is 0 Å². The van der Waals surface area contributed by atoms with Crippen LogP contribution in [-0.2, 0) is 22.5 Å². The zero-order chi connectivity index (χ0) is 14.5. The van der Waals surface area contributed by atoms with E-state index in [9.17, 15) is 4.79 Å². The zero-order valence-corrected chi connectivity index (χ0v) is 12.6. The van der Waals surface area contributed by atoms with Gasteiger partial charge in [-0.2, -0.15) is 16.4 Å². The molecule has 0 spiro atoms. The molecule has 3 heterocycles. The Hall–Kier alpha value is -1.66. The third-order valence-electron chi connectivity index (χ3n) is 3.53. The summed E-state index contributed by atoms with van der Waals surface area (Å²) in [5.41, 5.74) is 1.78. The number of hydrogen-bond donors (Lipinski definition) is 1. The van der Waals surface area contributed by atoms with Crippen molar-refractivity contribution >= 4 is 22.9 Å². The Labute approximate surface area is 127 Å². The molecule has 0 bridgehead atoms. The number of rotatable bonds is 5. The van der Waals surface area contributed by atoms with Crippen molar-refractivity contribution in [1.82, 2.24) is 9.78 Å². The Kier molecular flexibility index (Phi) is 4.67. The molecule has 1 fully saturated rings. The van der Waals surface area contributed by atoms with Gasteiger partial charge in [0.15, 0.2) is 0 Å². The van der Waals surface area contributed by atoms with Crippen LogP contribution in [0.15, 0.2) is 29.2 Å². The van der Waals surface area contributed by atoms with Gasteiger partial charge >= 0.3 is 0 Å². The lowest BCUT2D eigenvalue weighted by Gasteiger charge is -2.22. The second kappa shape index (κ2) is 6.87. The SMILES string of the molecule is O=C(Cc1ccsc1)Nc1cnn(C[C@@H]2CCCCO2)c1. The maximum absolute atomic E-state index is 11.9. The van der Waals surface area contributed by atoms with Crippen LogP contribution in [0.4, 0.5) is 5.69 Å². The number of thiophene rings is 1. The van der Waals surface area contributed by atoms with E-state index in [-0.39, 0.29) is 12.0 Å². The molecule has 112 valence electrons. The van der Waals surface area contributed by atoms with E-state index in [0.29, 0.717) is 6.42 Å². The molecule has 21 heavy (non-hydrogen) atoms. The molecule has 1 aliphatic rings. The Morgan fingerprint density at radius 1 is 1.52 bits per heavy atom. The fourth-order valence-corrected chi connectivity index (χ4v) is 3.14. The fourth-order valence-electron chi connectivity index (χ4n) is 2.47. The van der Waals surface area contributed by atoms with E-state index in [4.69, 9.17) is 4.74 Å². The number of carbonyl (C=O) groups is 1. The van der Waals surface area contributed by atoms with Crippen molar-refractivity contribution in [2.24, 2.45) is 0 Å². The molecule has 6 heteroatoms. The second-order valence-corrected chi connectivity index (χ2v) is 6.08. The second-order valence-electron chi connectivity index (χ2n) is 5.30. The first-order valence-corrected chi connectivity index (χ1v) is 8.19. The normalized spacial score (nSPS) is 18.6. The average Bonchev–Trinajstić information content (AvgIpc) is 3.12. The first-order valence-electron chi connectivity index (χ1n) is 7.24. The first kappa shape index (κ1) is 14.3. The molecule has 5 nitrogen and oxygen atoms in total. The predicted octanol–water partition coefficient (Wildman–Crippen LogP) is 2.69. The quantitative estimate of drug-likeness (QED) is 0.924. The molecular weight excluding hydrogens is 286 g/mol. The minimum Gasteiger partial charge on any atom is -0.376 e. The van der Waals surface area contributed by atoms with Gasteiger partial charge in [0.25, 0.3) is 0 Å². The molecule has 0 aliphatic carbocycles. The molecule has 1 N–H and O–H groups in total. The fraction of sp³-hybridized carbons (Fsp3) is 0.467. The summed E-state index contributed by atoms with van der Waals surface area (Å²) in [6.07, 6.45) is 7.65. The maximum atomic E-state index is 11.9. The summed E-state index contributed by atoms with van der Waals surface area (Å²) in [5.74, 6) is -0.0122. The van der Waals surface area contributed by atoms with Crippen molar-refractivity contribution in [3.63, 3.8) is 0 Å². The van der Waals surface area contributed by atoms with E-state index in [2.05, 4.69) is 10.4 Å². The van der Waals surface area contributed by atoms with Crippen LogP contribution in [0.5, 0.6) is 0 Å². The monoisotopic (exact) mass is 305 g/mol. The van der Waals surface area contributed by atoms with E-state index < -0.39 is 0 Å². The first-order chi connectivity index (χ1) is 10.3. The number of nitrogens with one attached hydrogen (secondary N) is 1. The predicted molar refractivity (Wildman–Crippen MR) is 82.5 cm³/mol. The molecule has 1 atom stereocenters. The van der Waals surface area contributed by atoms with Crippen molar-refractivity contribution in [2.75, 3.05) is 11.9 Å². The molecule has 0 aromatic carbocycles. The summed E-state index contributed by atoms with van der Waals surface area (Å²) in [6, 6.07) is 1.97. The third kappa shape index (κ3) is 4.15. The van der Waals surface area contributed by atoms with Crippen molar-refractivity contribution in [1.29, 1.82) is 0 Å². The molecular formula is C15H19N3O2S. The molecule has 0 radical (unpaired) electrons. The lowest BCUT2D eigenvalue weighted by Crippen LogP contribution is -2.24. The van der Waals surface area contributed by atoms with Crippen LogP contribution in [0, 0.1) is 0 Å². The van der Waals surface area contributed by atoms with Gasteiger partial charge < -0.3 is 10.1 Å². The minimum atomic E-state index is -0.0122. The highest BCUT2D eigenvalue weighted by atomic mass is 32.1. The topological polar surface area (TPSA) is 56.2 Å². The molecule has 1 aliphatic heterocycles. The van der Waals surface area contributed by atoms with Crippen LogP contribution < -0.4 is 5.32 Å². The third-order valence-corrected chi connectivity index (χ3v) is 4.26. The lowest BCUT2D eigenvalue weighted by atomic mass is 10.1. The standard InChI is InChI=1S/C15H19N3O2S/c19-15(7-12-4-6-21-11-12)17-13-8-16-18(9-13)10-14-3-1-2-5-20-14/h4,6,8-9,11,14H,1-3,5,7,10H2,(H,17,19)/t14-/m0/s1. The van der Waals surface area contributed by atoms with Crippen molar-refractivity contribution in [3.05, 3.63) is 34.8 Å². The van der Waals surface area contributed by atoms with Gasteiger partial charge in [0, 0.05) is 12.8 Å². The maximum Gasteiger partial charge on any atom is 0.228 e. The van der Waals surface area contributed by atoms with Crippen LogP contribution in [0.1, 0.15) is 24.8 Å². The van der Waals surface area contributed by atoms with Crippen LogP contribution in [0.3, 0.4) is 0 Å².